The van der Waals surface area contributed by atoms with Crippen LogP contribution in [0.2, 0.25) is 0 Å². The Morgan fingerprint density at radius 2 is 2.19 bits per heavy atom. The summed E-state index contributed by atoms with van der Waals surface area (Å²) in [6, 6.07) is 5.43. The molecule has 1 aromatic carbocycles. The molecule has 3 aromatic heterocycles. The summed E-state index contributed by atoms with van der Waals surface area (Å²) in [5.74, 6) is 1.20. The fourth-order valence-corrected chi connectivity index (χ4v) is 2.83. The van der Waals surface area contributed by atoms with E-state index in [1.54, 1.807) is 18.5 Å². The zero-order chi connectivity index (χ0) is 14.2. The summed E-state index contributed by atoms with van der Waals surface area (Å²) in [4.78, 5) is 19.9. The van der Waals surface area contributed by atoms with Gasteiger partial charge in [-0.2, -0.15) is 0 Å². The molecule has 0 aliphatic heterocycles. The number of nitrogens with zero attached hydrogens (tertiary/aromatic N) is 4. The van der Waals surface area contributed by atoms with Gasteiger partial charge in [-0.05, 0) is 12.1 Å². The lowest BCUT2D eigenvalue weighted by molar-refractivity contribution is 0.556. The molecular formula is C13H10N6OS. The van der Waals surface area contributed by atoms with Gasteiger partial charge in [0.05, 0.1) is 12.1 Å². The highest BCUT2D eigenvalue weighted by Crippen LogP contribution is 2.27. The van der Waals surface area contributed by atoms with Crippen LogP contribution in [-0.2, 0) is 5.75 Å². The fourth-order valence-electron chi connectivity index (χ4n) is 2.03. The van der Waals surface area contributed by atoms with Crippen molar-refractivity contribution < 1.29 is 4.42 Å². The largest absolute Gasteiger partial charge is 0.440 e. The predicted molar refractivity (Wildman–Crippen MR) is 79.7 cm³/mol. The van der Waals surface area contributed by atoms with Crippen LogP contribution in [-0.4, -0.2) is 24.9 Å². The van der Waals surface area contributed by atoms with E-state index in [1.807, 2.05) is 6.07 Å². The van der Waals surface area contributed by atoms with Gasteiger partial charge < -0.3 is 15.1 Å². The number of imidazole rings is 1. The molecular weight excluding hydrogens is 288 g/mol. The number of fused-ring (bicyclic) bond motifs is 2. The van der Waals surface area contributed by atoms with Crippen LogP contribution in [0.5, 0.6) is 0 Å². The number of nitrogen functional groups attached to an aromatic ring is 1. The number of aromatic nitrogens is 5. The van der Waals surface area contributed by atoms with Gasteiger partial charge in [-0.3, -0.25) is 0 Å². The lowest BCUT2D eigenvalue weighted by Gasteiger charge is -1.98. The first-order valence-electron chi connectivity index (χ1n) is 6.21. The monoisotopic (exact) mass is 298 g/mol. The molecule has 3 N–H and O–H groups in total. The van der Waals surface area contributed by atoms with E-state index in [2.05, 4.69) is 24.9 Å². The van der Waals surface area contributed by atoms with E-state index >= 15 is 0 Å². The molecule has 0 radical (unpaired) electrons. The van der Waals surface area contributed by atoms with Crippen molar-refractivity contribution >= 4 is 39.7 Å². The summed E-state index contributed by atoms with van der Waals surface area (Å²) in [5.41, 5.74) is 9.36. The molecule has 104 valence electrons. The molecule has 0 saturated carbocycles. The minimum absolute atomic E-state index is 0.569. The zero-order valence-corrected chi connectivity index (χ0v) is 11.6. The lowest BCUT2D eigenvalue weighted by Crippen LogP contribution is -1.87. The second kappa shape index (κ2) is 4.74. The predicted octanol–water partition coefficient (Wildman–Crippen LogP) is 2.37. The van der Waals surface area contributed by atoms with Gasteiger partial charge in [-0.1, -0.05) is 11.8 Å². The number of thioether (sulfide) groups is 1. The highest BCUT2D eigenvalue weighted by molar-refractivity contribution is 7.98. The summed E-state index contributed by atoms with van der Waals surface area (Å²) < 4.78 is 5.68. The van der Waals surface area contributed by atoms with Gasteiger partial charge in [0.1, 0.15) is 22.4 Å². The van der Waals surface area contributed by atoms with Crippen molar-refractivity contribution in [1.82, 2.24) is 24.9 Å². The second-order valence-electron chi connectivity index (χ2n) is 4.40. The first-order chi connectivity index (χ1) is 10.3. The van der Waals surface area contributed by atoms with E-state index in [1.165, 1.54) is 18.1 Å². The number of anilines is 1. The highest BCUT2D eigenvalue weighted by Gasteiger charge is 2.10. The first kappa shape index (κ1) is 12.2. The smallest absolute Gasteiger partial charge is 0.205 e. The summed E-state index contributed by atoms with van der Waals surface area (Å²) in [7, 11) is 0. The van der Waals surface area contributed by atoms with Crippen LogP contribution >= 0.6 is 11.8 Å². The number of H-pyrrole nitrogens is 1. The topological polar surface area (TPSA) is 107 Å². The first-order valence-corrected chi connectivity index (χ1v) is 7.20. The molecule has 21 heavy (non-hydrogen) atoms. The number of nitrogens with one attached hydrogen (secondary N) is 1. The summed E-state index contributed by atoms with van der Waals surface area (Å²) in [6.45, 7) is 0. The minimum atomic E-state index is 0.569. The summed E-state index contributed by atoms with van der Waals surface area (Å²) in [6.07, 6.45) is 3.10. The molecule has 0 aliphatic rings. The van der Waals surface area contributed by atoms with Crippen LogP contribution in [0, 0.1) is 0 Å². The van der Waals surface area contributed by atoms with Crippen LogP contribution in [0.1, 0.15) is 5.89 Å². The Balaban J connectivity index is 1.61. The normalized spacial score (nSPS) is 11.4. The van der Waals surface area contributed by atoms with Crippen LogP contribution in [0.15, 0.2) is 40.3 Å². The van der Waals surface area contributed by atoms with Gasteiger partial charge in [0, 0.05) is 11.8 Å². The van der Waals surface area contributed by atoms with E-state index in [0.29, 0.717) is 28.6 Å². The van der Waals surface area contributed by atoms with Crippen LogP contribution < -0.4 is 5.73 Å². The van der Waals surface area contributed by atoms with Crippen LogP contribution in [0.4, 0.5) is 5.69 Å². The number of hydrogen-bond donors (Lipinski definition) is 2. The van der Waals surface area contributed by atoms with Crippen molar-refractivity contribution in [3.8, 4) is 0 Å². The molecule has 0 fully saturated rings. The van der Waals surface area contributed by atoms with Gasteiger partial charge >= 0.3 is 0 Å². The molecule has 0 bridgehead atoms. The standard InChI is InChI=1S/C13H10N6OS/c14-7-1-2-8-9(3-7)20-10(19-8)4-21-13-11-12(16-5-15-11)17-6-18-13/h1-3,5-6H,4,14H2,(H,15,16,17,18). The van der Waals surface area contributed by atoms with Crippen molar-refractivity contribution in [3.05, 3.63) is 36.7 Å². The summed E-state index contributed by atoms with van der Waals surface area (Å²) >= 11 is 1.52. The zero-order valence-electron chi connectivity index (χ0n) is 10.8. The molecule has 0 unspecified atom stereocenters. The molecule has 4 aromatic rings. The Morgan fingerprint density at radius 3 is 3.14 bits per heavy atom. The number of benzene rings is 1. The van der Waals surface area contributed by atoms with E-state index in [-0.39, 0.29) is 0 Å². The third-order valence-electron chi connectivity index (χ3n) is 2.98. The van der Waals surface area contributed by atoms with Gasteiger partial charge in [-0.25, -0.2) is 19.9 Å². The number of aromatic amines is 1. The molecule has 0 spiro atoms. The van der Waals surface area contributed by atoms with Gasteiger partial charge in [0.2, 0.25) is 5.89 Å². The second-order valence-corrected chi connectivity index (χ2v) is 5.37. The van der Waals surface area contributed by atoms with Crippen molar-refractivity contribution in [3.63, 3.8) is 0 Å². The third kappa shape index (κ3) is 2.19. The van der Waals surface area contributed by atoms with E-state index in [0.717, 1.165) is 16.1 Å². The van der Waals surface area contributed by atoms with Gasteiger partial charge in [0.25, 0.3) is 0 Å². The number of rotatable bonds is 3. The average Bonchev–Trinajstić information content (AvgIpc) is 3.10. The molecule has 0 amide bonds. The number of nitrogens with two attached hydrogens (primary N) is 1. The Morgan fingerprint density at radius 1 is 1.24 bits per heavy atom. The van der Waals surface area contributed by atoms with Crippen LogP contribution in [0.25, 0.3) is 22.3 Å². The molecule has 3 heterocycles. The van der Waals surface area contributed by atoms with Crippen molar-refractivity contribution in [2.45, 2.75) is 10.8 Å². The third-order valence-corrected chi connectivity index (χ3v) is 3.95. The van der Waals surface area contributed by atoms with Crippen molar-refractivity contribution in [2.24, 2.45) is 0 Å². The Kier molecular flexibility index (Phi) is 2.74. The Bertz CT molecular complexity index is 931. The van der Waals surface area contributed by atoms with Gasteiger partial charge in [0.15, 0.2) is 11.2 Å². The molecule has 8 heteroatoms. The SMILES string of the molecule is Nc1ccc2nc(CSc3ncnc4nc[nH]c34)oc2c1. The van der Waals surface area contributed by atoms with Crippen LogP contribution in [0.3, 0.4) is 0 Å². The maximum Gasteiger partial charge on any atom is 0.205 e. The quantitative estimate of drug-likeness (QED) is 0.339. The van der Waals surface area contributed by atoms with E-state index < -0.39 is 0 Å². The number of hydrogen-bond acceptors (Lipinski definition) is 7. The Labute approximate surface area is 123 Å². The molecule has 7 nitrogen and oxygen atoms in total. The lowest BCUT2D eigenvalue weighted by atomic mass is 10.3. The highest BCUT2D eigenvalue weighted by atomic mass is 32.2. The maximum atomic E-state index is 5.73. The molecule has 0 saturated heterocycles. The maximum absolute atomic E-state index is 5.73. The molecule has 4 rings (SSSR count). The van der Waals surface area contributed by atoms with E-state index in [4.69, 9.17) is 10.2 Å². The molecule has 0 aliphatic carbocycles. The fraction of sp³-hybridized carbons (Fsp3) is 0.0769. The minimum Gasteiger partial charge on any atom is -0.440 e. The van der Waals surface area contributed by atoms with E-state index in [9.17, 15) is 0 Å². The number of oxazole rings is 1. The average molecular weight is 298 g/mol. The summed E-state index contributed by atoms with van der Waals surface area (Å²) in [5, 5.41) is 0.819. The van der Waals surface area contributed by atoms with Gasteiger partial charge in [-0.15, -0.1) is 0 Å². The van der Waals surface area contributed by atoms with Crippen molar-refractivity contribution in [2.75, 3.05) is 5.73 Å². The Hall–Kier alpha value is -2.61. The molecule has 0 atom stereocenters. The van der Waals surface area contributed by atoms with Crippen molar-refractivity contribution in [1.29, 1.82) is 0 Å².